The van der Waals surface area contributed by atoms with Crippen LogP contribution in [0.3, 0.4) is 0 Å². The van der Waals surface area contributed by atoms with Gasteiger partial charge >= 0.3 is 0 Å². The second kappa shape index (κ2) is 7.08. The summed E-state index contributed by atoms with van der Waals surface area (Å²) in [5.74, 6) is 2.55. The Morgan fingerprint density at radius 2 is 1.74 bits per heavy atom. The number of nitrogens with zero attached hydrogens (tertiary/aromatic N) is 4. The standard InChI is InChI=1S/C21H27N5O/c27-21-18(11-14-26(21)17-7-4-8-17)25-12-9-16(10-13-25)20-22-19(23-24-20)15-5-2-1-3-6-15/h1-3,5-6,16-18H,4,7-14H2,(H,22,23,24). The van der Waals surface area contributed by atoms with Gasteiger partial charge in [0.2, 0.25) is 5.91 Å². The quantitative estimate of drug-likeness (QED) is 0.905. The predicted molar refractivity (Wildman–Crippen MR) is 103 cm³/mol. The van der Waals surface area contributed by atoms with Crippen LogP contribution in [-0.2, 0) is 4.79 Å². The fourth-order valence-electron chi connectivity index (χ4n) is 4.74. The van der Waals surface area contributed by atoms with E-state index in [9.17, 15) is 4.79 Å². The number of hydrogen-bond donors (Lipinski definition) is 1. The molecule has 1 aliphatic carbocycles. The Hall–Kier alpha value is -2.21. The lowest BCUT2D eigenvalue weighted by Gasteiger charge is -2.37. The zero-order valence-electron chi connectivity index (χ0n) is 15.7. The van der Waals surface area contributed by atoms with E-state index in [2.05, 4.69) is 20.0 Å². The van der Waals surface area contributed by atoms with Crippen molar-refractivity contribution < 1.29 is 4.79 Å². The summed E-state index contributed by atoms with van der Waals surface area (Å²) >= 11 is 0. The first kappa shape index (κ1) is 16.9. The van der Waals surface area contributed by atoms with Gasteiger partial charge in [0.25, 0.3) is 0 Å². The first-order valence-corrected chi connectivity index (χ1v) is 10.3. The first-order chi connectivity index (χ1) is 13.3. The molecule has 5 rings (SSSR count). The fraction of sp³-hybridized carbons (Fsp3) is 0.571. The number of amides is 1. The molecule has 6 nitrogen and oxygen atoms in total. The maximum atomic E-state index is 12.8. The lowest BCUT2D eigenvalue weighted by atomic mass is 9.92. The van der Waals surface area contributed by atoms with Crippen LogP contribution in [0.5, 0.6) is 0 Å². The van der Waals surface area contributed by atoms with Gasteiger partial charge in [0, 0.05) is 24.1 Å². The second-order valence-electron chi connectivity index (χ2n) is 8.14. The molecule has 0 bridgehead atoms. The first-order valence-electron chi connectivity index (χ1n) is 10.3. The SMILES string of the molecule is O=C1C(N2CCC(c3nc(-c4ccccc4)n[nH]3)CC2)CCN1C1CCC1. The van der Waals surface area contributed by atoms with Crippen molar-refractivity contribution in [1.29, 1.82) is 0 Å². The van der Waals surface area contributed by atoms with Crippen molar-refractivity contribution in [2.75, 3.05) is 19.6 Å². The van der Waals surface area contributed by atoms with E-state index in [1.165, 1.54) is 19.3 Å². The van der Waals surface area contributed by atoms with Gasteiger partial charge in [-0.15, -0.1) is 0 Å². The third kappa shape index (κ3) is 3.16. The Morgan fingerprint density at radius 3 is 2.44 bits per heavy atom. The smallest absolute Gasteiger partial charge is 0.240 e. The van der Waals surface area contributed by atoms with E-state index in [4.69, 9.17) is 4.98 Å². The third-order valence-electron chi connectivity index (χ3n) is 6.62. The van der Waals surface area contributed by atoms with Crippen LogP contribution in [0.4, 0.5) is 0 Å². The minimum absolute atomic E-state index is 0.112. The summed E-state index contributed by atoms with van der Waals surface area (Å²) in [7, 11) is 0. The van der Waals surface area contributed by atoms with Crippen LogP contribution in [0.15, 0.2) is 30.3 Å². The molecule has 1 aromatic heterocycles. The second-order valence-corrected chi connectivity index (χ2v) is 8.14. The molecule has 2 saturated heterocycles. The molecule has 0 radical (unpaired) electrons. The molecule has 1 unspecified atom stereocenters. The highest BCUT2D eigenvalue weighted by atomic mass is 16.2. The number of aromatic nitrogens is 3. The van der Waals surface area contributed by atoms with Crippen molar-refractivity contribution in [1.82, 2.24) is 25.0 Å². The zero-order chi connectivity index (χ0) is 18.2. The van der Waals surface area contributed by atoms with Gasteiger partial charge in [-0.1, -0.05) is 30.3 Å². The van der Waals surface area contributed by atoms with Crippen molar-refractivity contribution in [3.05, 3.63) is 36.2 Å². The number of aromatic amines is 1. The van der Waals surface area contributed by atoms with Crippen LogP contribution in [0.2, 0.25) is 0 Å². The summed E-state index contributed by atoms with van der Waals surface area (Å²) in [6.07, 6.45) is 6.77. The lowest BCUT2D eigenvalue weighted by Crippen LogP contribution is -2.48. The van der Waals surface area contributed by atoms with Gasteiger partial charge in [-0.25, -0.2) is 4.98 Å². The molecule has 1 amide bonds. The molecule has 142 valence electrons. The van der Waals surface area contributed by atoms with Crippen molar-refractivity contribution in [2.45, 2.75) is 56.5 Å². The Morgan fingerprint density at radius 1 is 0.963 bits per heavy atom. The van der Waals surface area contributed by atoms with Crippen LogP contribution in [0.1, 0.15) is 50.3 Å². The molecule has 1 aromatic carbocycles. The number of hydrogen-bond acceptors (Lipinski definition) is 4. The fourth-order valence-corrected chi connectivity index (χ4v) is 4.74. The van der Waals surface area contributed by atoms with E-state index in [0.29, 0.717) is 17.9 Å². The number of rotatable bonds is 4. The number of H-pyrrole nitrogens is 1. The van der Waals surface area contributed by atoms with Gasteiger partial charge in [0.15, 0.2) is 5.82 Å². The Balaban J connectivity index is 1.20. The molecular weight excluding hydrogens is 338 g/mol. The summed E-state index contributed by atoms with van der Waals surface area (Å²) in [6, 6.07) is 10.7. The Bertz CT molecular complexity index is 792. The number of carbonyl (C=O) groups excluding carboxylic acids is 1. The molecule has 3 aliphatic rings. The number of piperidine rings is 1. The largest absolute Gasteiger partial charge is 0.338 e. The van der Waals surface area contributed by atoms with E-state index in [-0.39, 0.29) is 6.04 Å². The third-order valence-corrected chi connectivity index (χ3v) is 6.62. The van der Waals surface area contributed by atoms with Crippen molar-refractivity contribution in [3.8, 4) is 11.4 Å². The Labute approximate surface area is 160 Å². The molecule has 2 aromatic rings. The monoisotopic (exact) mass is 365 g/mol. The van der Waals surface area contributed by atoms with Crippen LogP contribution in [0, 0.1) is 0 Å². The molecule has 0 spiro atoms. The van der Waals surface area contributed by atoms with Crippen molar-refractivity contribution in [2.24, 2.45) is 0 Å². The minimum atomic E-state index is 0.112. The predicted octanol–water partition coefficient (Wildman–Crippen LogP) is 2.80. The highest BCUT2D eigenvalue weighted by Crippen LogP contribution is 2.33. The van der Waals surface area contributed by atoms with Gasteiger partial charge in [0.1, 0.15) is 5.82 Å². The van der Waals surface area contributed by atoms with Crippen LogP contribution in [0.25, 0.3) is 11.4 Å². The van der Waals surface area contributed by atoms with Crippen molar-refractivity contribution in [3.63, 3.8) is 0 Å². The molecule has 3 fully saturated rings. The maximum absolute atomic E-state index is 12.8. The van der Waals surface area contributed by atoms with Crippen LogP contribution < -0.4 is 0 Å². The highest BCUT2D eigenvalue weighted by molar-refractivity contribution is 5.84. The van der Waals surface area contributed by atoms with E-state index in [1.54, 1.807) is 0 Å². The maximum Gasteiger partial charge on any atom is 0.240 e. The highest BCUT2D eigenvalue weighted by Gasteiger charge is 2.41. The average Bonchev–Trinajstić information content (AvgIpc) is 3.30. The molecule has 1 N–H and O–H groups in total. The number of likely N-dealkylation sites (tertiary alicyclic amines) is 2. The van der Waals surface area contributed by atoms with E-state index < -0.39 is 0 Å². The van der Waals surface area contributed by atoms with Gasteiger partial charge in [0.05, 0.1) is 6.04 Å². The molecule has 3 heterocycles. The van der Waals surface area contributed by atoms with Crippen molar-refractivity contribution >= 4 is 5.91 Å². The van der Waals surface area contributed by atoms with E-state index in [1.807, 2.05) is 30.3 Å². The summed E-state index contributed by atoms with van der Waals surface area (Å²) < 4.78 is 0. The zero-order valence-corrected chi connectivity index (χ0v) is 15.7. The molecule has 2 aliphatic heterocycles. The molecule has 1 saturated carbocycles. The summed E-state index contributed by atoms with van der Waals surface area (Å²) in [6.45, 7) is 2.90. The van der Waals surface area contributed by atoms with Gasteiger partial charge in [-0.05, 0) is 51.6 Å². The summed E-state index contributed by atoms with van der Waals surface area (Å²) in [5.41, 5.74) is 1.05. The number of benzene rings is 1. The van der Waals surface area contributed by atoms with E-state index >= 15 is 0 Å². The van der Waals surface area contributed by atoms with E-state index in [0.717, 1.165) is 56.1 Å². The summed E-state index contributed by atoms with van der Waals surface area (Å²) in [4.78, 5) is 22.1. The lowest BCUT2D eigenvalue weighted by molar-refractivity contribution is -0.135. The number of nitrogens with one attached hydrogen (secondary N) is 1. The average molecular weight is 365 g/mol. The molecular formula is C21H27N5O. The molecule has 1 atom stereocenters. The van der Waals surface area contributed by atoms with Gasteiger partial charge < -0.3 is 4.90 Å². The van der Waals surface area contributed by atoms with Gasteiger partial charge in [-0.2, -0.15) is 5.10 Å². The minimum Gasteiger partial charge on any atom is -0.338 e. The van der Waals surface area contributed by atoms with Crippen LogP contribution in [-0.4, -0.2) is 62.6 Å². The normalized spacial score (nSPS) is 25.1. The van der Waals surface area contributed by atoms with Crippen LogP contribution >= 0.6 is 0 Å². The number of carbonyl (C=O) groups is 1. The van der Waals surface area contributed by atoms with Gasteiger partial charge in [-0.3, -0.25) is 14.8 Å². The Kier molecular flexibility index (Phi) is 4.44. The topological polar surface area (TPSA) is 65.1 Å². The molecule has 27 heavy (non-hydrogen) atoms. The molecule has 6 heteroatoms. The summed E-state index contributed by atoms with van der Waals surface area (Å²) in [5, 5.41) is 7.55.